The van der Waals surface area contributed by atoms with Gasteiger partial charge >= 0.3 is 0 Å². The van der Waals surface area contributed by atoms with Gasteiger partial charge in [0.05, 0.1) is 5.56 Å². The van der Waals surface area contributed by atoms with E-state index in [1.807, 2.05) is 29.5 Å². The average molecular weight is 356 g/mol. The van der Waals surface area contributed by atoms with Crippen LogP contribution in [0.1, 0.15) is 17.3 Å². The topological polar surface area (TPSA) is 20.3 Å². The summed E-state index contributed by atoms with van der Waals surface area (Å²) in [7, 11) is 0. The first-order valence-corrected chi connectivity index (χ1v) is 6.51. The molecule has 0 unspecified atom stereocenters. The minimum Gasteiger partial charge on any atom is -0.338 e. The zero-order chi connectivity index (χ0) is 12.1. The van der Waals surface area contributed by atoms with Crippen LogP contribution in [-0.4, -0.2) is 29.8 Å². The van der Waals surface area contributed by atoms with Crippen molar-refractivity contribution in [3.8, 4) is 0 Å². The van der Waals surface area contributed by atoms with E-state index in [1.54, 1.807) is 4.90 Å². The van der Waals surface area contributed by atoms with Gasteiger partial charge in [-0.15, -0.1) is 11.6 Å². The molecule has 0 spiro atoms. The van der Waals surface area contributed by atoms with E-state index in [0.717, 1.165) is 0 Å². The summed E-state index contributed by atoms with van der Waals surface area (Å²) in [6.07, 6.45) is 0. The highest BCUT2D eigenvalue weighted by Crippen LogP contribution is 2.16. The zero-order valence-corrected chi connectivity index (χ0v) is 11.8. The number of rotatable bonds is 4. The first-order valence-electron chi connectivity index (χ1n) is 4.90. The van der Waals surface area contributed by atoms with Crippen LogP contribution in [0.3, 0.4) is 0 Å². The Hall–Kier alpha value is -0.360. The fourth-order valence-electron chi connectivity index (χ4n) is 1.34. The van der Waals surface area contributed by atoms with Crippen molar-refractivity contribution in [3.05, 3.63) is 33.1 Å². The van der Waals surface area contributed by atoms with Crippen molar-refractivity contribution >= 4 is 40.1 Å². The first kappa shape index (κ1) is 13.7. The van der Waals surface area contributed by atoms with Gasteiger partial charge in [-0.05, 0) is 47.7 Å². The molecule has 0 aromatic heterocycles. The number of hydrogen-bond donors (Lipinski definition) is 0. The van der Waals surface area contributed by atoms with Gasteiger partial charge in [0.2, 0.25) is 0 Å². The summed E-state index contributed by atoms with van der Waals surface area (Å²) in [5.41, 5.74) is 0.522. The Morgan fingerprint density at radius 1 is 1.56 bits per heavy atom. The number of alkyl halides is 1. The number of nitrogens with zero attached hydrogens (tertiary/aromatic N) is 1. The van der Waals surface area contributed by atoms with Gasteiger partial charge < -0.3 is 4.90 Å². The second kappa shape index (κ2) is 6.39. The molecule has 5 heteroatoms. The second-order valence-corrected chi connectivity index (χ2v) is 4.74. The third kappa shape index (κ3) is 3.31. The van der Waals surface area contributed by atoms with Gasteiger partial charge in [-0.1, -0.05) is 0 Å². The average Bonchev–Trinajstić information content (AvgIpc) is 2.25. The molecule has 1 amide bonds. The van der Waals surface area contributed by atoms with Crippen LogP contribution in [-0.2, 0) is 0 Å². The highest BCUT2D eigenvalue weighted by molar-refractivity contribution is 14.1. The Labute approximate surface area is 113 Å². The molecule has 0 radical (unpaired) electrons. The monoisotopic (exact) mass is 355 g/mol. The molecule has 2 nitrogen and oxygen atoms in total. The minimum atomic E-state index is -0.332. The Morgan fingerprint density at radius 3 is 2.75 bits per heavy atom. The van der Waals surface area contributed by atoms with Gasteiger partial charge in [-0.25, -0.2) is 4.39 Å². The third-order valence-electron chi connectivity index (χ3n) is 2.18. The molecule has 0 aliphatic rings. The molecule has 1 rings (SSSR count). The van der Waals surface area contributed by atoms with Crippen LogP contribution in [0.15, 0.2) is 18.2 Å². The van der Waals surface area contributed by atoms with Crippen LogP contribution < -0.4 is 0 Å². The van der Waals surface area contributed by atoms with E-state index in [9.17, 15) is 9.18 Å². The zero-order valence-electron chi connectivity index (χ0n) is 8.84. The number of amides is 1. The normalized spacial score (nSPS) is 10.2. The maximum atomic E-state index is 12.9. The molecule has 0 aliphatic carbocycles. The lowest BCUT2D eigenvalue weighted by molar-refractivity contribution is 0.0773. The minimum absolute atomic E-state index is 0.104. The Bertz CT molecular complexity index is 386. The molecular weight excluding hydrogens is 343 g/mol. The fraction of sp³-hybridized carbons (Fsp3) is 0.364. The van der Waals surface area contributed by atoms with Gasteiger partial charge in [-0.2, -0.15) is 0 Å². The van der Waals surface area contributed by atoms with Crippen molar-refractivity contribution in [2.45, 2.75) is 6.92 Å². The lowest BCUT2D eigenvalue weighted by atomic mass is 10.2. The van der Waals surface area contributed by atoms with E-state index in [0.29, 0.717) is 28.1 Å². The first-order chi connectivity index (χ1) is 7.60. The fourth-order valence-corrected chi connectivity index (χ4v) is 2.25. The quantitative estimate of drug-likeness (QED) is 0.600. The van der Waals surface area contributed by atoms with Crippen LogP contribution in [0.5, 0.6) is 0 Å². The van der Waals surface area contributed by atoms with Crippen LogP contribution in [0, 0.1) is 9.39 Å². The van der Waals surface area contributed by atoms with Crippen molar-refractivity contribution in [1.29, 1.82) is 0 Å². The molecule has 0 N–H and O–H groups in total. The van der Waals surface area contributed by atoms with Crippen molar-refractivity contribution < 1.29 is 9.18 Å². The summed E-state index contributed by atoms with van der Waals surface area (Å²) in [6, 6.07) is 4.16. The van der Waals surface area contributed by atoms with Crippen molar-refractivity contribution in [1.82, 2.24) is 4.90 Å². The standard InChI is InChI=1S/C11H12ClFINO/c1-2-15(6-5-12)11(16)9-4-3-8(13)7-10(9)14/h3-4,7H,2,5-6H2,1H3. The maximum Gasteiger partial charge on any atom is 0.254 e. The Kier molecular flexibility index (Phi) is 5.48. The summed E-state index contributed by atoms with van der Waals surface area (Å²) in [5.74, 6) is -0.0361. The molecule has 0 atom stereocenters. The molecule has 0 saturated heterocycles. The SMILES string of the molecule is CCN(CCCl)C(=O)c1ccc(F)cc1I. The second-order valence-electron chi connectivity index (χ2n) is 3.20. The molecule has 16 heavy (non-hydrogen) atoms. The van der Waals surface area contributed by atoms with Gasteiger partial charge in [0, 0.05) is 22.5 Å². The van der Waals surface area contributed by atoms with E-state index in [2.05, 4.69) is 0 Å². The highest BCUT2D eigenvalue weighted by atomic mass is 127. The van der Waals surface area contributed by atoms with Crippen LogP contribution in [0.25, 0.3) is 0 Å². The molecule has 0 heterocycles. The third-order valence-corrected chi connectivity index (χ3v) is 3.25. The number of carbonyl (C=O) groups is 1. The summed E-state index contributed by atoms with van der Waals surface area (Å²) < 4.78 is 13.5. The lowest BCUT2D eigenvalue weighted by Crippen LogP contribution is -2.33. The number of hydrogen-bond acceptors (Lipinski definition) is 1. The van der Waals surface area contributed by atoms with E-state index in [1.165, 1.54) is 18.2 Å². The largest absolute Gasteiger partial charge is 0.338 e. The number of benzene rings is 1. The summed E-state index contributed by atoms with van der Waals surface area (Å²) >= 11 is 7.57. The van der Waals surface area contributed by atoms with E-state index in [4.69, 9.17) is 11.6 Å². The smallest absolute Gasteiger partial charge is 0.254 e. The molecule has 0 bridgehead atoms. The highest BCUT2D eigenvalue weighted by Gasteiger charge is 2.16. The van der Waals surface area contributed by atoms with Gasteiger partial charge in [0.25, 0.3) is 5.91 Å². The van der Waals surface area contributed by atoms with Crippen molar-refractivity contribution in [2.75, 3.05) is 19.0 Å². The lowest BCUT2D eigenvalue weighted by Gasteiger charge is -2.20. The Balaban J connectivity index is 2.94. The summed E-state index contributed by atoms with van der Waals surface area (Å²) in [4.78, 5) is 13.7. The van der Waals surface area contributed by atoms with E-state index < -0.39 is 0 Å². The molecule has 1 aromatic rings. The van der Waals surface area contributed by atoms with Crippen LogP contribution in [0.4, 0.5) is 4.39 Å². The van der Waals surface area contributed by atoms with Gasteiger partial charge in [0.15, 0.2) is 0 Å². The molecule has 0 aliphatic heterocycles. The Morgan fingerprint density at radius 2 is 2.25 bits per heavy atom. The maximum absolute atomic E-state index is 12.9. The van der Waals surface area contributed by atoms with Crippen LogP contribution >= 0.6 is 34.2 Å². The van der Waals surface area contributed by atoms with E-state index >= 15 is 0 Å². The van der Waals surface area contributed by atoms with E-state index in [-0.39, 0.29) is 11.7 Å². The number of carbonyl (C=O) groups excluding carboxylic acids is 1. The molecule has 1 aromatic carbocycles. The van der Waals surface area contributed by atoms with Crippen molar-refractivity contribution in [2.24, 2.45) is 0 Å². The predicted octanol–water partition coefficient (Wildman–Crippen LogP) is 3.13. The summed E-state index contributed by atoms with van der Waals surface area (Å²) in [5, 5.41) is 0. The van der Waals surface area contributed by atoms with Crippen molar-refractivity contribution in [3.63, 3.8) is 0 Å². The predicted molar refractivity (Wildman–Crippen MR) is 71.4 cm³/mol. The summed E-state index contributed by atoms with van der Waals surface area (Å²) in [6.45, 7) is 2.99. The van der Waals surface area contributed by atoms with Gasteiger partial charge in [-0.3, -0.25) is 4.79 Å². The van der Waals surface area contributed by atoms with Gasteiger partial charge in [0.1, 0.15) is 5.82 Å². The van der Waals surface area contributed by atoms with Crippen LogP contribution in [0.2, 0.25) is 0 Å². The molecule has 0 fully saturated rings. The molecule has 88 valence electrons. The number of halogens is 3. The molecular formula is C11H12ClFINO. The molecule has 0 saturated carbocycles.